The molecule has 1 heterocycles. The third-order valence-corrected chi connectivity index (χ3v) is 7.46. The summed E-state index contributed by atoms with van der Waals surface area (Å²) in [4.78, 5) is 22.2. The van der Waals surface area contributed by atoms with Gasteiger partial charge in [-0.3, -0.25) is 9.59 Å². The highest BCUT2D eigenvalue weighted by atomic mass is 33.1. The Kier molecular flexibility index (Phi) is 8.84. The predicted molar refractivity (Wildman–Crippen MR) is 89.5 cm³/mol. The van der Waals surface area contributed by atoms with Gasteiger partial charge in [-0.05, 0) is 12.8 Å². The second-order valence-electron chi connectivity index (χ2n) is 5.20. The number of amides is 1. The molecule has 0 radical (unpaired) electrons. The van der Waals surface area contributed by atoms with Crippen LogP contribution >= 0.6 is 21.6 Å². The number of halogens is 3. The predicted octanol–water partition coefficient (Wildman–Crippen LogP) is 1.52. The maximum atomic E-state index is 12.5. The number of carbonyl (C=O) groups is 2. The fourth-order valence-electron chi connectivity index (χ4n) is 2.11. The van der Waals surface area contributed by atoms with Gasteiger partial charge < -0.3 is 10.4 Å². The van der Waals surface area contributed by atoms with Crippen LogP contribution in [0.4, 0.5) is 13.2 Å². The lowest BCUT2D eigenvalue weighted by Gasteiger charge is -2.30. The first-order chi connectivity index (χ1) is 11.6. The minimum Gasteiger partial charge on any atom is -0.481 e. The largest absolute Gasteiger partial charge is 0.511 e. The van der Waals surface area contributed by atoms with Crippen LogP contribution in [0.5, 0.6) is 0 Å². The summed E-state index contributed by atoms with van der Waals surface area (Å²) in [7, 11) is -2.54. The summed E-state index contributed by atoms with van der Waals surface area (Å²) in [5, 5.41) is 11.1. The minimum absolute atomic E-state index is 0.0433. The molecule has 0 aromatic rings. The lowest BCUT2D eigenvalue weighted by atomic mass is 9.97. The number of hydrogen-bond donors (Lipinski definition) is 2. The number of aliphatic carboxylic acids is 1. The molecule has 2 N–H and O–H groups in total. The van der Waals surface area contributed by atoms with E-state index in [9.17, 15) is 31.2 Å². The van der Waals surface area contributed by atoms with Gasteiger partial charge >= 0.3 is 21.5 Å². The molecule has 1 saturated heterocycles. The van der Waals surface area contributed by atoms with Crippen molar-refractivity contribution >= 4 is 43.5 Å². The van der Waals surface area contributed by atoms with Crippen molar-refractivity contribution in [2.24, 2.45) is 5.92 Å². The molecule has 146 valence electrons. The molecule has 13 heteroatoms. The molecule has 0 aromatic carbocycles. The number of nitrogens with one attached hydrogen (secondary N) is 1. The van der Waals surface area contributed by atoms with Crippen molar-refractivity contribution in [3.63, 3.8) is 0 Å². The maximum absolute atomic E-state index is 12.5. The van der Waals surface area contributed by atoms with Crippen molar-refractivity contribution in [1.29, 1.82) is 0 Å². The standard InChI is InChI=1S/C12H19F3N2O5S3/c13-12(14,15)25(21,22)17-5-1-9(2-6-17)11(20)16-4-8-24-23-7-3-10(18)19/h9H,1-8H2,(H,16,20)(H,18,19). The normalized spacial score (nSPS) is 17.4. The number of piperidine rings is 1. The molecule has 0 aliphatic carbocycles. The van der Waals surface area contributed by atoms with Crippen LogP contribution in [0.1, 0.15) is 19.3 Å². The molecule has 1 aliphatic rings. The molecule has 0 unspecified atom stereocenters. The van der Waals surface area contributed by atoms with Gasteiger partial charge in [0.1, 0.15) is 0 Å². The Balaban J connectivity index is 2.24. The quantitative estimate of drug-likeness (QED) is 0.427. The van der Waals surface area contributed by atoms with Crippen LogP contribution in [-0.2, 0) is 19.6 Å². The van der Waals surface area contributed by atoms with E-state index in [-0.39, 0.29) is 38.3 Å². The van der Waals surface area contributed by atoms with Crippen molar-refractivity contribution in [2.45, 2.75) is 24.8 Å². The minimum atomic E-state index is -5.33. The van der Waals surface area contributed by atoms with Gasteiger partial charge in [-0.1, -0.05) is 21.6 Å². The third-order valence-electron chi connectivity index (χ3n) is 3.42. The van der Waals surface area contributed by atoms with E-state index in [0.717, 1.165) is 0 Å². The van der Waals surface area contributed by atoms with Crippen LogP contribution < -0.4 is 5.32 Å². The lowest BCUT2D eigenvalue weighted by molar-refractivity contribution is -0.136. The molecular weight excluding hydrogens is 405 g/mol. The fourth-order valence-corrected chi connectivity index (χ4v) is 4.98. The van der Waals surface area contributed by atoms with Crippen molar-refractivity contribution in [2.75, 3.05) is 31.1 Å². The first kappa shape index (κ1) is 22.4. The van der Waals surface area contributed by atoms with E-state index in [4.69, 9.17) is 5.11 Å². The number of rotatable bonds is 9. The smallest absolute Gasteiger partial charge is 0.481 e. The Hall–Kier alpha value is -0.660. The molecule has 1 aliphatic heterocycles. The van der Waals surface area contributed by atoms with Gasteiger partial charge in [0.25, 0.3) is 0 Å². The second kappa shape index (κ2) is 9.88. The highest BCUT2D eigenvalue weighted by Crippen LogP contribution is 2.30. The molecule has 1 fully saturated rings. The number of carbonyl (C=O) groups excluding carboxylic acids is 1. The molecular formula is C12H19F3N2O5S3. The van der Waals surface area contributed by atoms with Crippen LogP contribution in [0.3, 0.4) is 0 Å². The highest BCUT2D eigenvalue weighted by Gasteiger charge is 2.50. The van der Waals surface area contributed by atoms with Crippen LogP contribution in [0.2, 0.25) is 0 Å². The van der Waals surface area contributed by atoms with Crippen molar-refractivity contribution < 1.29 is 36.3 Å². The number of hydrogen-bond acceptors (Lipinski definition) is 6. The Labute approximate surface area is 151 Å². The molecule has 1 amide bonds. The SMILES string of the molecule is O=C(O)CCSSCCNC(=O)C1CCN(S(=O)(=O)C(F)(F)F)CC1. The molecule has 0 saturated carbocycles. The lowest BCUT2D eigenvalue weighted by Crippen LogP contribution is -2.47. The summed E-state index contributed by atoms with van der Waals surface area (Å²) < 4.78 is 60.3. The number of carboxylic acids is 1. The number of sulfonamides is 1. The zero-order valence-corrected chi connectivity index (χ0v) is 15.6. The fraction of sp³-hybridized carbons (Fsp3) is 0.833. The molecule has 0 spiro atoms. The maximum Gasteiger partial charge on any atom is 0.511 e. The van der Waals surface area contributed by atoms with Crippen LogP contribution in [-0.4, -0.2) is 66.4 Å². The van der Waals surface area contributed by atoms with E-state index in [1.54, 1.807) is 0 Å². The second-order valence-corrected chi connectivity index (χ2v) is 9.83. The zero-order valence-electron chi connectivity index (χ0n) is 13.1. The zero-order chi connectivity index (χ0) is 19.1. The van der Waals surface area contributed by atoms with E-state index in [0.29, 0.717) is 22.4 Å². The van der Waals surface area contributed by atoms with Gasteiger partial charge in [0.15, 0.2) is 0 Å². The highest BCUT2D eigenvalue weighted by molar-refractivity contribution is 8.76. The van der Waals surface area contributed by atoms with E-state index in [1.807, 2.05) is 0 Å². The average Bonchev–Trinajstić information content (AvgIpc) is 2.52. The first-order valence-electron chi connectivity index (χ1n) is 7.36. The van der Waals surface area contributed by atoms with E-state index in [1.165, 1.54) is 21.6 Å². The summed E-state index contributed by atoms with van der Waals surface area (Å²) >= 11 is 0. The topological polar surface area (TPSA) is 104 Å². The van der Waals surface area contributed by atoms with Gasteiger partial charge in [0, 0.05) is 37.1 Å². The van der Waals surface area contributed by atoms with Gasteiger partial charge in [0.2, 0.25) is 5.91 Å². The number of nitrogens with zero attached hydrogens (tertiary/aromatic N) is 1. The molecule has 25 heavy (non-hydrogen) atoms. The van der Waals surface area contributed by atoms with E-state index >= 15 is 0 Å². The van der Waals surface area contributed by atoms with Crippen molar-refractivity contribution in [3.05, 3.63) is 0 Å². The Morgan fingerprint density at radius 3 is 2.24 bits per heavy atom. The summed E-state index contributed by atoms with van der Waals surface area (Å²) in [6.45, 7) is -0.315. The number of alkyl halides is 3. The Bertz CT molecular complexity index is 563. The van der Waals surface area contributed by atoms with E-state index < -0.39 is 27.4 Å². The molecule has 0 aromatic heterocycles. The van der Waals surface area contributed by atoms with Crippen molar-refractivity contribution in [1.82, 2.24) is 9.62 Å². The summed E-state index contributed by atoms with van der Waals surface area (Å²) in [5.41, 5.74) is -5.32. The summed E-state index contributed by atoms with van der Waals surface area (Å²) in [6.07, 6.45) is 0.146. The average molecular weight is 424 g/mol. The molecule has 1 rings (SSSR count). The molecule has 0 bridgehead atoms. The van der Waals surface area contributed by atoms with Crippen LogP contribution in [0.25, 0.3) is 0 Å². The van der Waals surface area contributed by atoms with Crippen LogP contribution in [0, 0.1) is 5.92 Å². The van der Waals surface area contributed by atoms with Gasteiger partial charge in [0.05, 0.1) is 6.42 Å². The van der Waals surface area contributed by atoms with Gasteiger partial charge in [-0.2, -0.15) is 17.5 Å². The summed E-state index contributed by atoms with van der Waals surface area (Å²) in [6, 6.07) is 0. The van der Waals surface area contributed by atoms with Gasteiger partial charge in [-0.15, -0.1) is 0 Å². The van der Waals surface area contributed by atoms with Crippen LogP contribution in [0.15, 0.2) is 0 Å². The first-order valence-corrected chi connectivity index (χ1v) is 11.3. The van der Waals surface area contributed by atoms with E-state index in [2.05, 4.69) is 5.32 Å². The Morgan fingerprint density at radius 2 is 1.72 bits per heavy atom. The van der Waals surface area contributed by atoms with Crippen molar-refractivity contribution in [3.8, 4) is 0 Å². The Morgan fingerprint density at radius 1 is 1.16 bits per heavy atom. The monoisotopic (exact) mass is 424 g/mol. The summed E-state index contributed by atoms with van der Waals surface area (Å²) in [5.74, 6) is -0.665. The van der Waals surface area contributed by atoms with Gasteiger partial charge in [-0.25, -0.2) is 8.42 Å². The molecule has 7 nitrogen and oxygen atoms in total. The molecule has 0 atom stereocenters. The number of carboxylic acid groups (broad SMARTS) is 1. The third kappa shape index (κ3) is 7.23.